The minimum absolute atomic E-state index is 0.126. The zero-order valence-electron chi connectivity index (χ0n) is 14.4. The van der Waals surface area contributed by atoms with Crippen molar-refractivity contribution in [2.45, 2.75) is 43.9 Å². The first kappa shape index (κ1) is 17.3. The van der Waals surface area contributed by atoms with Crippen LogP contribution in [0.15, 0.2) is 29.4 Å². The number of halogens is 1. The molecule has 2 aromatic rings. The lowest BCUT2D eigenvalue weighted by atomic mass is 10.0. The first-order chi connectivity index (χ1) is 12.7. The molecular formula is C18H21FN4O2S. The predicted octanol–water partition coefficient (Wildman–Crippen LogP) is 3.15. The number of hydrogen-bond donors (Lipinski definition) is 0. The number of hydrogen-bond acceptors (Lipinski definition) is 5. The molecule has 1 saturated carbocycles. The molecule has 0 saturated heterocycles. The van der Waals surface area contributed by atoms with Crippen LogP contribution in [0.1, 0.15) is 37.9 Å². The zero-order valence-corrected chi connectivity index (χ0v) is 15.3. The van der Waals surface area contributed by atoms with Gasteiger partial charge in [0.15, 0.2) is 5.82 Å². The molecule has 2 heterocycles. The van der Waals surface area contributed by atoms with Crippen LogP contribution < -0.4 is 9.75 Å². The van der Waals surface area contributed by atoms with Crippen LogP contribution in [0.2, 0.25) is 0 Å². The van der Waals surface area contributed by atoms with E-state index in [0.717, 1.165) is 18.6 Å². The Bertz CT molecular complexity index is 774. The van der Waals surface area contributed by atoms with Crippen molar-refractivity contribution in [1.82, 2.24) is 14.9 Å². The fraction of sp³-hybridized carbons (Fsp3) is 0.500. The van der Waals surface area contributed by atoms with E-state index in [1.54, 1.807) is 33.6 Å². The van der Waals surface area contributed by atoms with Gasteiger partial charge in [0, 0.05) is 12.2 Å². The maximum absolute atomic E-state index is 13.0. The summed E-state index contributed by atoms with van der Waals surface area (Å²) >= 11 is 1.59. The molecule has 26 heavy (non-hydrogen) atoms. The van der Waals surface area contributed by atoms with Crippen molar-refractivity contribution in [2.24, 2.45) is 5.92 Å². The number of benzene rings is 1. The van der Waals surface area contributed by atoms with Crippen LogP contribution >= 0.6 is 11.8 Å². The summed E-state index contributed by atoms with van der Waals surface area (Å²) in [6.45, 7) is 0.817. The van der Waals surface area contributed by atoms with Gasteiger partial charge in [0.1, 0.15) is 18.2 Å². The smallest absolute Gasteiger partial charge is 0.241 e. The van der Waals surface area contributed by atoms with Crippen molar-refractivity contribution in [2.75, 3.05) is 17.3 Å². The molecule has 0 spiro atoms. The maximum Gasteiger partial charge on any atom is 0.241 e. The van der Waals surface area contributed by atoms with E-state index in [4.69, 9.17) is 4.74 Å². The number of aromatic nitrogens is 3. The van der Waals surface area contributed by atoms with Crippen LogP contribution in [0.4, 0.5) is 4.39 Å². The minimum Gasteiger partial charge on any atom is -0.486 e. The molecule has 4 rings (SSSR count). The van der Waals surface area contributed by atoms with E-state index in [0.29, 0.717) is 35.6 Å². The van der Waals surface area contributed by atoms with Gasteiger partial charge < -0.3 is 4.74 Å². The fourth-order valence-corrected chi connectivity index (χ4v) is 4.39. The van der Waals surface area contributed by atoms with Crippen molar-refractivity contribution in [3.8, 4) is 5.75 Å². The van der Waals surface area contributed by atoms with Gasteiger partial charge in [-0.3, -0.25) is 4.79 Å². The van der Waals surface area contributed by atoms with Crippen molar-refractivity contribution < 1.29 is 13.9 Å². The average Bonchev–Trinajstić information content (AvgIpc) is 3.30. The molecule has 1 aliphatic heterocycles. The highest BCUT2D eigenvalue weighted by Crippen LogP contribution is 2.29. The van der Waals surface area contributed by atoms with Gasteiger partial charge in [0.2, 0.25) is 11.1 Å². The number of carbonyl (C=O) groups excluding carboxylic acids is 1. The molecule has 1 amide bonds. The number of amides is 1. The molecule has 138 valence electrons. The quantitative estimate of drug-likeness (QED) is 0.802. The lowest BCUT2D eigenvalue weighted by Gasteiger charge is -2.30. The zero-order chi connectivity index (χ0) is 17.9. The molecule has 1 fully saturated rings. The SMILES string of the molecule is O=C(CC1CCCC1)N1CCSc2nnc(COc3ccc(F)cc3)n21. The van der Waals surface area contributed by atoms with Crippen LogP contribution in [-0.4, -0.2) is 33.1 Å². The van der Waals surface area contributed by atoms with E-state index in [1.807, 2.05) is 0 Å². The molecule has 8 heteroatoms. The Balaban J connectivity index is 1.48. The lowest BCUT2D eigenvalue weighted by molar-refractivity contribution is -0.121. The highest BCUT2D eigenvalue weighted by molar-refractivity contribution is 7.99. The molecule has 0 N–H and O–H groups in total. The third kappa shape index (κ3) is 3.70. The summed E-state index contributed by atoms with van der Waals surface area (Å²) in [6.07, 6.45) is 5.32. The summed E-state index contributed by atoms with van der Waals surface area (Å²) in [5.41, 5.74) is 0. The highest BCUT2D eigenvalue weighted by atomic mass is 32.2. The number of fused-ring (bicyclic) bond motifs is 1. The normalized spacial score (nSPS) is 17.3. The second-order valence-corrected chi connectivity index (χ2v) is 7.74. The van der Waals surface area contributed by atoms with Crippen LogP contribution in [-0.2, 0) is 11.4 Å². The van der Waals surface area contributed by atoms with Crippen molar-refractivity contribution >= 4 is 17.7 Å². The summed E-state index contributed by atoms with van der Waals surface area (Å²) in [7, 11) is 0. The maximum atomic E-state index is 13.0. The number of nitrogens with zero attached hydrogens (tertiary/aromatic N) is 4. The Morgan fingerprint density at radius 3 is 2.77 bits per heavy atom. The summed E-state index contributed by atoms with van der Waals surface area (Å²) in [6, 6.07) is 5.84. The van der Waals surface area contributed by atoms with E-state index in [2.05, 4.69) is 10.2 Å². The Labute approximate surface area is 155 Å². The fourth-order valence-electron chi connectivity index (χ4n) is 3.52. The molecular weight excluding hydrogens is 355 g/mol. The Kier molecular flexibility index (Phi) is 5.10. The summed E-state index contributed by atoms with van der Waals surface area (Å²) in [5.74, 6) is 2.26. The third-order valence-corrected chi connectivity index (χ3v) is 5.76. The van der Waals surface area contributed by atoms with Gasteiger partial charge in [-0.1, -0.05) is 24.6 Å². The summed E-state index contributed by atoms with van der Waals surface area (Å²) in [4.78, 5) is 12.8. The van der Waals surface area contributed by atoms with Gasteiger partial charge in [0.25, 0.3) is 0 Å². The summed E-state index contributed by atoms with van der Waals surface area (Å²) < 4.78 is 20.5. The van der Waals surface area contributed by atoms with Gasteiger partial charge in [0.05, 0.1) is 6.54 Å². The van der Waals surface area contributed by atoms with Gasteiger partial charge in [-0.05, 0) is 43.0 Å². The van der Waals surface area contributed by atoms with Crippen LogP contribution in [0.25, 0.3) is 0 Å². The summed E-state index contributed by atoms with van der Waals surface area (Å²) in [5, 5.41) is 10.9. The van der Waals surface area contributed by atoms with Gasteiger partial charge in [-0.25, -0.2) is 14.1 Å². The first-order valence-corrected chi connectivity index (χ1v) is 9.95. The lowest BCUT2D eigenvalue weighted by Crippen LogP contribution is -2.46. The van der Waals surface area contributed by atoms with E-state index in [9.17, 15) is 9.18 Å². The molecule has 0 unspecified atom stereocenters. The molecule has 1 aromatic heterocycles. The van der Waals surface area contributed by atoms with Crippen LogP contribution in [0.5, 0.6) is 5.75 Å². The van der Waals surface area contributed by atoms with Crippen molar-refractivity contribution in [3.05, 3.63) is 35.9 Å². The van der Waals surface area contributed by atoms with Gasteiger partial charge >= 0.3 is 0 Å². The Morgan fingerprint density at radius 2 is 2.00 bits per heavy atom. The second kappa shape index (κ2) is 7.65. The van der Waals surface area contributed by atoms with Crippen molar-refractivity contribution in [3.63, 3.8) is 0 Å². The van der Waals surface area contributed by atoms with Gasteiger partial charge in [-0.15, -0.1) is 10.2 Å². The molecule has 0 radical (unpaired) electrons. The largest absolute Gasteiger partial charge is 0.486 e. The highest BCUT2D eigenvalue weighted by Gasteiger charge is 2.29. The monoisotopic (exact) mass is 376 g/mol. The molecule has 1 aromatic carbocycles. The van der Waals surface area contributed by atoms with Gasteiger partial charge in [-0.2, -0.15) is 0 Å². The third-order valence-electron chi connectivity index (χ3n) is 4.86. The number of ether oxygens (including phenoxy) is 1. The number of rotatable bonds is 5. The molecule has 1 aliphatic carbocycles. The number of thioether (sulfide) groups is 1. The van der Waals surface area contributed by atoms with Crippen molar-refractivity contribution in [1.29, 1.82) is 0 Å². The number of carbonyl (C=O) groups is 1. The van der Waals surface area contributed by atoms with E-state index >= 15 is 0 Å². The Morgan fingerprint density at radius 1 is 1.23 bits per heavy atom. The van der Waals surface area contributed by atoms with E-state index < -0.39 is 0 Å². The second-order valence-electron chi connectivity index (χ2n) is 6.67. The first-order valence-electron chi connectivity index (χ1n) is 8.97. The topological polar surface area (TPSA) is 60.3 Å². The van der Waals surface area contributed by atoms with Crippen LogP contribution in [0.3, 0.4) is 0 Å². The molecule has 0 atom stereocenters. The Hall–Kier alpha value is -2.09. The van der Waals surface area contributed by atoms with Crippen LogP contribution in [0, 0.1) is 11.7 Å². The minimum atomic E-state index is -0.308. The molecule has 0 bridgehead atoms. The molecule has 6 nitrogen and oxygen atoms in total. The standard InChI is InChI=1S/C18H21FN4O2S/c19-14-5-7-15(8-6-14)25-12-16-20-21-18-23(16)22(9-10-26-18)17(24)11-13-3-1-2-4-13/h5-8,13H,1-4,9-12H2. The molecule has 2 aliphatic rings. The average molecular weight is 376 g/mol. The van der Waals surface area contributed by atoms with E-state index in [-0.39, 0.29) is 18.3 Å². The van der Waals surface area contributed by atoms with E-state index in [1.165, 1.54) is 25.0 Å². The predicted molar refractivity (Wildman–Crippen MR) is 96.1 cm³/mol.